The van der Waals surface area contributed by atoms with Gasteiger partial charge in [-0.15, -0.1) is 8.78 Å². The molecule has 0 radical (unpaired) electrons. The molecule has 0 aliphatic carbocycles. The van der Waals surface area contributed by atoms with Gasteiger partial charge in [0.15, 0.2) is 11.5 Å². The summed E-state index contributed by atoms with van der Waals surface area (Å²) in [6, 6.07) is 7.75. The van der Waals surface area contributed by atoms with Gasteiger partial charge in [-0.05, 0) is 30.7 Å². The maximum atomic E-state index is 13.5. The van der Waals surface area contributed by atoms with Gasteiger partial charge in [-0.3, -0.25) is 0 Å². The van der Waals surface area contributed by atoms with Crippen LogP contribution in [0.1, 0.15) is 5.56 Å². The van der Waals surface area contributed by atoms with E-state index in [2.05, 4.69) is 24.2 Å². The van der Waals surface area contributed by atoms with Crippen molar-refractivity contribution in [2.24, 2.45) is 0 Å². The molecule has 0 unspecified atom stereocenters. The Labute approximate surface area is 144 Å². The van der Waals surface area contributed by atoms with Crippen molar-refractivity contribution in [3.63, 3.8) is 0 Å². The maximum absolute atomic E-state index is 13.5. The second-order valence-corrected chi connectivity index (χ2v) is 5.57. The summed E-state index contributed by atoms with van der Waals surface area (Å²) in [7, 11) is 0. The van der Waals surface area contributed by atoms with Crippen LogP contribution in [0.3, 0.4) is 0 Å². The SMILES string of the molecule is Cc1cc(-c2cccc3c2OC(F)(F)O3)c2nc(OC(F)F)cnc2c1. The summed E-state index contributed by atoms with van der Waals surface area (Å²) in [6.45, 7) is -1.28. The lowest BCUT2D eigenvalue weighted by Gasteiger charge is -2.11. The molecule has 1 aliphatic rings. The van der Waals surface area contributed by atoms with E-state index in [1.807, 2.05) is 0 Å². The van der Waals surface area contributed by atoms with Crippen LogP contribution in [0.4, 0.5) is 17.6 Å². The first kappa shape index (κ1) is 16.4. The summed E-state index contributed by atoms with van der Waals surface area (Å²) in [5.74, 6) is -0.672. The highest BCUT2D eigenvalue weighted by Crippen LogP contribution is 2.48. The van der Waals surface area contributed by atoms with E-state index in [1.54, 1.807) is 25.1 Å². The molecule has 0 bridgehead atoms. The Balaban J connectivity index is 1.94. The van der Waals surface area contributed by atoms with Gasteiger partial charge < -0.3 is 14.2 Å². The number of ether oxygens (including phenoxy) is 3. The minimum Gasteiger partial charge on any atom is -0.415 e. The summed E-state index contributed by atoms with van der Waals surface area (Å²) in [6.07, 6.45) is -2.71. The zero-order chi connectivity index (χ0) is 18.5. The van der Waals surface area contributed by atoms with Crippen molar-refractivity contribution in [2.45, 2.75) is 19.8 Å². The fourth-order valence-corrected chi connectivity index (χ4v) is 2.77. The molecule has 0 saturated carbocycles. The van der Waals surface area contributed by atoms with E-state index < -0.39 is 12.9 Å². The largest absolute Gasteiger partial charge is 0.586 e. The summed E-state index contributed by atoms with van der Waals surface area (Å²) in [5.41, 5.74) is 2.03. The van der Waals surface area contributed by atoms with Gasteiger partial charge in [-0.2, -0.15) is 8.78 Å². The summed E-state index contributed by atoms with van der Waals surface area (Å²) in [5, 5.41) is 0. The Morgan fingerprint density at radius 1 is 1.12 bits per heavy atom. The predicted octanol–water partition coefficient (Wildman–Crippen LogP) is 4.53. The number of aryl methyl sites for hydroxylation is 1. The smallest absolute Gasteiger partial charge is 0.415 e. The minimum absolute atomic E-state index is 0.130. The van der Waals surface area contributed by atoms with Gasteiger partial charge in [0.25, 0.3) is 0 Å². The molecule has 5 nitrogen and oxygen atoms in total. The van der Waals surface area contributed by atoms with Crippen molar-refractivity contribution >= 4 is 11.0 Å². The molecule has 26 heavy (non-hydrogen) atoms. The van der Waals surface area contributed by atoms with Crippen molar-refractivity contribution < 1.29 is 31.8 Å². The van der Waals surface area contributed by atoms with E-state index in [9.17, 15) is 17.6 Å². The molecule has 134 valence electrons. The molecule has 0 amide bonds. The number of benzene rings is 2. The number of aromatic nitrogens is 2. The van der Waals surface area contributed by atoms with Crippen molar-refractivity contribution in [2.75, 3.05) is 0 Å². The highest BCUT2D eigenvalue weighted by Gasteiger charge is 2.44. The van der Waals surface area contributed by atoms with Crippen molar-refractivity contribution in [1.29, 1.82) is 0 Å². The summed E-state index contributed by atoms with van der Waals surface area (Å²) < 4.78 is 65.2. The van der Waals surface area contributed by atoms with Gasteiger partial charge >= 0.3 is 12.9 Å². The van der Waals surface area contributed by atoms with Crippen LogP contribution in [-0.2, 0) is 0 Å². The van der Waals surface area contributed by atoms with Crippen LogP contribution in [0.5, 0.6) is 17.4 Å². The lowest BCUT2D eigenvalue weighted by Crippen LogP contribution is -2.26. The third kappa shape index (κ3) is 2.85. The molecule has 4 rings (SSSR count). The average molecular weight is 366 g/mol. The number of nitrogens with zero attached hydrogens (tertiary/aromatic N) is 2. The van der Waals surface area contributed by atoms with E-state index in [4.69, 9.17) is 0 Å². The number of alkyl halides is 4. The van der Waals surface area contributed by atoms with Crippen molar-refractivity contribution in [3.8, 4) is 28.5 Å². The van der Waals surface area contributed by atoms with Crippen LogP contribution in [0.15, 0.2) is 36.5 Å². The monoisotopic (exact) mass is 366 g/mol. The number of halogens is 4. The van der Waals surface area contributed by atoms with E-state index in [-0.39, 0.29) is 28.5 Å². The van der Waals surface area contributed by atoms with Crippen LogP contribution in [0.25, 0.3) is 22.2 Å². The zero-order valence-electron chi connectivity index (χ0n) is 13.2. The molecule has 2 heterocycles. The first-order valence-corrected chi connectivity index (χ1v) is 7.44. The lowest BCUT2D eigenvalue weighted by atomic mass is 10.00. The van der Waals surface area contributed by atoms with Crippen LogP contribution in [-0.4, -0.2) is 22.9 Å². The van der Waals surface area contributed by atoms with E-state index in [0.29, 0.717) is 11.1 Å². The Kier molecular flexibility index (Phi) is 3.60. The lowest BCUT2D eigenvalue weighted by molar-refractivity contribution is -0.286. The molecule has 1 aromatic heterocycles. The predicted molar refractivity (Wildman–Crippen MR) is 82.5 cm³/mol. The van der Waals surface area contributed by atoms with Gasteiger partial charge in [0, 0.05) is 11.1 Å². The number of hydrogen-bond donors (Lipinski definition) is 0. The molecule has 3 aromatic rings. The molecule has 0 N–H and O–H groups in total. The molecule has 0 atom stereocenters. The van der Waals surface area contributed by atoms with E-state index in [0.717, 1.165) is 11.8 Å². The van der Waals surface area contributed by atoms with E-state index >= 15 is 0 Å². The molecule has 2 aromatic carbocycles. The zero-order valence-corrected chi connectivity index (χ0v) is 13.2. The third-order valence-electron chi connectivity index (χ3n) is 3.70. The Hall–Kier alpha value is -3.10. The van der Waals surface area contributed by atoms with Crippen LogP contribution >= 0.6 is 0 Å². The number of hydrogen-bond acceptors (Lipinski definition) is 5. The minimum atomic E-state index is -3.78. The molecule has 0 fully saturated rings. The number of fused-ring (bicyclic) bond motifs is 2. The fraction of sp³-hybridized carbons (Fsp3) is 0.176. The Morgan fingerprint density at radius 2 is 1.92 bits per heavy atom. The maximum Gasteiger partial charge on any atom is 0.586 e. The second-order valence-electron chi connectivity index (χ2n) is 5.57. The van der Waals surface area contributed by atoms with Crippen molar-refractivity contribution in [3.05, 3.63) is 42.1 Å². The molecule has 9 heteroatoms. The quantitative estimate of drug-likeness (QED) is 0.638. The van der Waals surface area contributed by atoms with Crippen LogP contribution in [0.2, 0.25) is 0 Å². The molecule has 0 saturated heterocycles. The highest BCUT2D eigenvalue weighted by atomic mass is 19.3. The van der Waals surface area contributed by atoms with Gasteiger partial charge in [0.05, 0.1) is 11.7 Å². The van der Waals surface area contributed by atoms with Gasteiger partial charge in [0.2, 0.25) is 5.88 Å². The van der Waals surface area contributed by atoms with Crippen LogP contribution < -0.4 is 14.2 Å². The van der Waals surface area contributed by atoms with Crippen molar-refractivity contribution in [1.82, 2.24) is 9.97 Å². The first-order chi connectivity index (χ1) is 12.3. The van der Waals surface area contributed by atoms with E-state index in [1.165, 1.54) is 12.1 Å². The summed E-state index contributed by atoms with van der Waals surface area (Å²) in [4.78, 5) is 8.11. The molecule has 0 spiro atoms. The number of rotatable bonds is 3. The first-order valence-electron chi connectivity index (χ1n) is 7.44. The topological polar surface area (TPSA) is 53.5 Å². The van der Waals surface area contributed by atoms with Crippen LogP contribution in [0, 0.1) is 6.92 Å². The standard InChI is InChI=1S/C17H10F4N2O3/c1-8-5-10(9-3-2-4-12-15(9)26-17(20,21)25-12)14-11(6-8)22-7-13(23-14)24-16(18)19/h2-7,16H,1H3. The molecule has 1 aliphatic heterocycles. The van der Waals surface area contributed by atoms with Gasteiger partial charge in [-0.1, -0.05) is 12.1 Å². The van der Waals surface area contributed by atoms with Gasteiger partial charge in [0.1, 0.15) is 5.52 Å². The third-order valence-corrected chi connectivity index (χ3v) is 3.70. The Bertz CT molecular complexity index is 1010. The number of para-hydroxylation sites is 1. The summed E-state index contributed by atoms with van der Waals surface area (Å²) >= 11 is 0. The Morgan fingerprint density at radius 3 is 2.69 bits per heavy atom. The van der Waals surface area contributed by atoms with Gasteiger partial charge in [-0.25, -0.2) is 9.97 Å². The second kappa shape index (κ2) is 5.72. The molecular formula is C17H10F4N2O3. The fourth-order valence-electron chi connectivity index (χ4n) is 2.77. The normalized spacial score (nSPS) is 14.8. The average Bonchev–Trinajstić information content (AvgIpc) is 2.87. The highest BCUT2D eigenvalue weighted by molar-refractivity contribution is 5.95. The molecular weight excluding hydrogens is 356 g/mol.